The zero-order valence-electron chi connectivity index (χ0n) is 13.0. The number of ether oxygens (including phenoxy) is 2. The van der Waals surface area contributed by atoms with Gasteiger partial charge in [-0.15, -0.1) is 0 Å². The van der Waals surface area contributed by atoms with E-state index in [0.717, 1.165) is 0 Å². The fourth-order valence-electron chi connectivity index (χ4n) is 1.83. The third-order valence-electron chi connectivity index (χ3n) is 3.08. The monoisotopic (exact) mass is 369 g/mol. The Morgan fingerprint density at radius 2 is 1.64 bits per heavy atom. The van der Waals surface area contributed by atoms with Crippen LogP contribution in [0.5, 0.6) is 5.75 Å². The molecule has 2 aromatic carbocycles. The number of esters is 1. The molecule has 0 aliphatic carbocycles. The van der Waals surface area contributed by atoms with Crippen molar-refractivity contribution in [2.75, 3.05) is 5.32 Å². The summed E-state index contributed by atoms with van der Waals surface area (Å²) in [7, 11) is 0. The molecular weight excluding hydrogens is 356 g/mol. The first kappa shape index (κ1) is 18.7. The summed E-state index contributed by atoms with van der Waals surface area (Å²) in [5.74, 6) is -1.37. The number of carbonyl (C=O) groups excluding carboxylic acids is 2. The van der Waals surface area contributed by atoms with E-state index in [0.29, 0.717) is 10.7 Å². The summed E-state index contributed by atoms with van der Waals surface area (Å²) >= 11 is 5.75. The van der Waals surface area contributed by atoms with Crippen LogP contribution in [0.4, 0.5) is 14.5 Å². The van der Waals surface area contributed by atoms with Crippen LogP contribution in [-0.2, 0) is 9.53 Å². The molecule has 0 bridgehead atoms. The highest BCUT2D eigenvalue weighted by molar-refractivity contribution is 6.30. The number of rotatable bonds is 6. The predicted octanol–water partition coefficient (Wildman–Crippen LogP) is 4.13. The Balaban J connectivity index is 1.92. The highest BCUT2D eigenvalue weighted by Gasteiger charge is 2.19. The molecule has 0 heterocycles. The molecule has 0 saturated heterocycles. The van der Waals surface area contributed by atoms with Gasteiger partial charge in [0.1, 0.15) is 5.75 Å². The van der Waals surface area contributed by atoms with Crippen LogP contribution >= 0.6 is 11.6 Å². The van der Waals surface area contributed by atoms with Gasteiger partial charge in [0.15, 0.2) is 6.10 Å². The van der Waals surface area contributed by atoms with Crippen molar-refractivity contribution in [3.05, 3.63) is 59.1 Å². The maximum absolute atomic E-state index is 12.1. The number of benzene rings is 2. The fourth-order valence-corrected chi connectivity index (χ4v) is 1.96. The van der Waals surface area contributed by atoms with Crippen molar-refractivity contribution in [3.8, 4) is 5.75 Å². The van der Waals surface area contributed by atoms with Gasteiger partial charge in [0.2, 0.25) is 0 Å². The van der Waals surface area contributed by atoms with Gasteiger partial charge in [-0.05, 0) is 55.5 Å². The summed E-state index contributed by atoms with van der Waals surface area (Å²) in [6, 6.07) is 11.4. The van der Waals surface area contributed by atoms with Crippen LogP contribution in [-0.4, -0.2) is 24.6 Å². The second-order valence-corrected chi connectivity index (χ2v) is 5.38. The van der Waals surface area contributed by atoms with Crippen molar-refractivity contribution in [1.82, 2.24) is 0 Å². The first-order valence-electron chi connectivity index (χ1n) is 7.17. The third kappa shape index (κ3) is 5.72. The molecule has 25 heavy (non-hydrogen) atoms. The summed E-state index contributed by atoms with van der Waals surface area (Å²) in [6.45, 7) is -1.54. The average Bonchev–Trinajstić information content (AvgIpc) is 2.57. The van der Waals surface area contributed by atoms with Gasteiger partial charge in [0, 0.05) is 10.7 Å². The van der Waals surface area contributed by atoms with Crippen molar-refractivity contribution in [3.63, 3.8) is 0 Å². The van der Waals surface area contributed by atoms with Crippen molar-refractivity contribution in [2.24, 2.45) is 0 Å². The molecule has 0 spiro atoms. The fraction of sp³-hybridized carbons (Fsp3) is 0.176. The van der Waals surface area contributed by atoms with Crippen LogP contribution in [0.25, 0.3) is 0 Å². The number of halogens is 3. The molecule has 0 fully saturated rings. The zero-order chi connectivity index (χ0) is 18.4. The normalized spacial score (nSPS) is 11.7. The molecule has 0 aliphatic rings. The first-order valence-corrected chi connectivity index (χ1v) is 7.55. The number of hydrogen-bond donors (Lipinski definition) is 1. The molecular formula is C17H14ClF2NO4. The molecule has 1 atom stereocenters. The SMILES string of the molecule is C[C@@H](OC(=O)c1ccc(OC(F)F)cc1)C(=O)Nc1ccc(Cl)cc1. The van der Waals surface area contributed by atoms with Crippen molar-refractivity contribution < 1.29 is 27.8 Å². The lowest BCUT2D eigenvalue weighted by molar-refractivity contribution is -0.123. The molecule has 0 aliphatic heterocycles. The number of alkyl halides is 2. The lowest BCUT2D eigenvalue weighted by Crippen LogP contribution is -2.29. The average molecular weight is 370 g/mol. The quantitative estimate of drug-likeness (QED) is 0.778. The van der Waals surface area contributed by atoms with Gasteiger partial charge < -0.3 is 14.8 Å². The number of carbonyl (C=O) groups is 2. The van der Waals surface area contributed by atoms with Crippen LogP contribution in [0.15, 0.2) is 48.5 Å². The number of anilines is 1. The summed E-state index contributed by atoms with van der Waals surface area (Å²) in [5, 5.41) is 3.10. The Bertz CT molecular complexity index is 735. The summed E-state index contributed by atoms with van der Waals surface area (Å²) < 4.78 is 33.4. The zero-order valence-corrected chi connectivity index (χ0v) is 13.8. The van der Waals surface area contributed by atoms with E-state index in [2.05, 4.69) is 10.1 Å². The van der Waals surface area contributed by atoms with E-state index in [-0.39, 0.29) is 11.3 Å². The summed E-state index contributed by atoms with van der Waals surface area (Å²) in [5.41, 5.74) is 0.610. The standard InChI is InChI=1S/C17H14ClF2NO4/c1-10(15(22)21-13-6-4-12(18)5-7-13)24-16(23)11-2-8-14(9-3-11)25-17(19)20/h2-10,17H,1H3,(H,21,22)/t10-/m1/s1. The second-order valence-electron chi connectivity index (χ2n) is 4.95. The molecule has 0 radical (unpaired) electrons. The van der Waals surface area contributed by atoms with Crippen molar-refractivity contribution in [2.45, 2.75) is 19.6 Å². The van der Waals surface area contributed by atoms with Gasteiger partial charge in [-0.25, -0.2) is 4.79 Å². The van der Waals surface area contributed by atoms with E-state index in [1.165, 1.54) is 31.2 Å². The van der Waals surface area contributed by atoms with Gasteiger partial charge in [0.05, 0.1) is 5.56 Å². The number of amides is 1. The van der Waals surface area contributed by atoms with E-state index >= 15 is 0 Å². The highest BCUT2D eigenvalue weighted by Crippen LogP contribution is 2.17. The molecule has 8 heteroatoms. The largest absolute Gasteiger partial charge is 0.449 e. The van der Waals surface area contributed by atoms with Gasteiger partial charge >= 0.3 is 12.6 Å². The minimum absolute atomic E-state index is 0.0833. The van der Waals surface area contributed by atoms with Crippen molar-refractivity contribution in [1.29, 1.82) is 0 Å². The molecule has 1 N–H and O–H groups in total. The maximum Gasteiger partial charge on any atom is 0.387 e. The van der Waals surface area contributed by atoms with Gasteiger partial charge in [-0.1, -0.05) is 11.6 Å². The lowest BCUT2D eigenvalue weighted by Gasteiger charge is -2.14. The minimum atomic E-state index is -2.95. The Labute approximate surface area is 147 Å². The Morgan fingerprint density at radius 1 is 1.04 bits per heavy atom. The van der Waals surface area contributed by atoms with E-state index in [1.807, 2.05) is 0 Å². The number of nitrogens with one attached hydrogen (secondary N) is 1. The summed E-state index contributed by atoms with van der Waals surface area (Å²) in [6.07, 6.45) is -1.06. The maximum atomic E-state index is 12.1. The van der Waals surface area contributed by atoms with Crippen LogP contribution in [0, 0.1) is 0 Å². The van der Waals surface area contributed by atoms with E-state index < -0.39 is 24.6 Å². The molecule has 2 aromatic rings. The van der Waals surface area contributed by atoms with Crippen LogP contribution < -0.4 is 10.1 Å². The Kier molecular flexibility index (Phi) is 6.30. The first-order chi connectivity index (χ1) is 11.8. The predicted molar refractivity (Wildman–Crippen MR) is 88.0 cm³/mol. The van der Waals surface area contributed by atoms with Gasteiger partial charge in [-0.3, -0.25) is 4.79 Å². The molecule has 5 nitrogen and oxygen atoms in total. The molecule has 132 valence electrons. The van der Waals surface area contributed by atoms with Crippen LogP contribution in [0.2, 0.25) is 5.02 Å². The topological polar surface area (TPSA) is 64.6 Å². The van der Waals surface area contributed by atoms with Crippen LogP contribution in [0.1, 0.15) is 17.3 Å². The molecule has 0 saturated carbocycles. The molecule has 0 aromatic heterocycles. The molecule has 1 amide bonds. The molecule has 2 rings (SSSR count). The van der Waals surface area contributed by atoms with Gasteiger partial charge in [-0.2, -0.15) is 8.78 Å². The Morgan fingerprint density at radius 3 is 2.20 bits per heavy atom. The number of hydrogen-bond acceptors (Lipinski definition) is 4. The lowest BCUT2D eigenvalue weighted by atomic mass is 10.2. The highest BCUT2D eigenvalue weighted by atomic mass is 35.5. The smallest absolute Gasteiger partial charge is 0.387 e. The third-order valence-corrected chi connectivity index (χ3v) is 3.33. The van der Waals surface area contributed by atoms with Crippen molar-refractivity contribution >= 4 is 29.2 Å². The molecule has 0 unspecified atom stereocenters. The second kappa shape index (κ2) is 8.43. The van der Waals surface area contributed by atoms with E-state index in [9.17, 15) is 18.4 Å². The van der Waals surface area contributed by atoms with E-state index in [4.69, 9.17) is 16.3 Å². The minimum Gasteiger partial charge on any atom is -0.449 e. The van der Waals surface area contributed by atoms with E-state index in [1.54, 1.807) is 24.3 Å². The van der Waals surface area contributed by atoms with Gasteiger partial charge in [0.25, 0.3) is 5.91 Å². The summed E-state index contributed by atoms with van der Waals surface area (Å²) in [4.78, 5) is 24.0. The Hall–Kier alpha value is -2.67. The van der Waals surface area contributed by atoms with Crippen LogP contribution in [0.3, 0.4) is 0 Å².